The molecular formula is C10H20N2O. The van der Waals surface area contributed by atoms with Crippen molar-refractivity contribution < 1.29 is 4.74 Å². The average Bonchev–Trinajstić information content (AvgIpc) is 2.86. The molecule has 3 heteroatoms. The summed E-state index contributed by atoms with van der Waals surface area (Å²) < 4.78 is 5.03. The van der Waals surface area contributed by atoms with Crippen LogP contribution in [0.4, 0.5) is 0 Å². The Kier molecular flexibility index (Phi) is 3.72. The van der Waals surface area contributed by atoms with Gasteiger partial charge in [0, 0.05) is 25.6 Å². The van der Waals surface area contributed by atoms with Crippen molar-refractivity contribution in [3.05, 3.63) is 0 Å². The van der Waals surface area contributed by atoms with Crippen molar-refractivity contribution in [1.29, 1.82) is 5.41 Å². The number of hydrogen-bond donors (Lipinski definition) is 1. The van der Waals surface area contributed by atoms with Gasteiger partial charge in [0.05, 0.1) is 12.4 Å². The molecule has 0 saturated heterocycles. The molecule has 0 bridgehead atoms. The largest absolute Gasteiger partial charge is 0.383 e. The van der Waals surface area contributed by atoms with Crippen molar-refractivity contribution in [2.24, 2.45) is 5.92 Å². The van der Waals surface area contributed by atoms with Crippen molar-refractivity contribution in [3.8, 4) is 0 Å². The van der Waals surface area contributed by atoms with E-state index in [9.17, 15) is 0 Å². The van der Waals surface area contributed by atoms with Gasteiger partial charge in [-0.3, -0.25) is 5.41 Å². The van der Waals surface area contributed by atoms with Crippen LogP contribution in [0, 0.1) is 11.3 Å². The number of rotatable bonds is 5. The third-order valence-electron chi connectivity index (χ3n) is 2.43. The monoisotopic (exact) mass is 184 g/mol. The van der Waals surface area contributed by atoms with Crippen LogP contribution in [0.25, 0.3) is 0 Å². The van der Waals surface area contributed by atoms with Crippen LogP contribution in [0.3, 0.4) is 0 Å². The zero-order chi connectivity index (χ0) is 9.84. The SMILES string of the molecule is COCCN(C(=N)C1CC1)C(C)C. The molecule has 1 rings (SSSR count). The van der Waals surface area contributed by atoms with Crippen LogP contribution in [0.5, 0.6) is 0 Å². The van der Waals surface area contributed by atoms with Crippen LogP contribution in [0.2, 0.25) is 0 Å². The van der Waals surface area contributed by atoms with E-state index in [2.05, 4.69) is 18.7 Å². The quantitative estimate of drug-likeness (QED) is 0.522. The first-order chi connectivity index (χ1) is 6.16. The summed E-state index contributed by atoms with van der Waals surface area (Å²) >= 11 is 0. The Morgan fingerprint density at radius 2 is 2.15 bits per heavy atom. The molecule has 1 fully saturated rings. The number of amidine groups is 1. The van der Waals surface area contributed by atoms with Crippen LogP contribution in [0.15, 0.2) is 0 Å². The molecular weight excluding hydrogens is 164 g/mol. The van der Waals surface area contributed by atoms with E-state index in [1.54, 1.807) is 7.11 Å². The molecule has 0 aromatic carbocycles. The Morgan fingerprint density at radius 1 is 1.54 bits per heavy atom. The minimum Gasteiger partial charge on any atom is -0.383 e. The lowest BCUT2D eigenvalue weighted by molar-refractivity contribution is 0.165. The van der Waals surface area contributed by atoms with Crippen LogP contribution >= 0.6 is 0 Å². The molecule has 0 amide bonds. The maximum atomic E-state index is 7.94. The van der Waals surface area contributed by atoms with E-state index in [1.165, 1.54) is 12.8 Å². The summed E-state index contributed by atoms with van der Waals surface area (Å²) in [5.74, 6) is 1.35. The van der Waals surface area contributed by atoms with Gasteiger partial charge in [0.25, 0.3) is 0 Å². The van der Waals surface area contributed by atoms with Gasteiger partial charge in [0.2, 0.25) is 0 Å². The molecule has 0 aliphatic heterocycles. The second-order valence-corrected chi connectivity index (χ2v) is 3.94. The van der Waals surface area contributed by atoms with E-state index in [0.29, 0.717) is 18.6 Å². The molecule has 0 spiro atoms. The summed E-state index contributed by atoms with van der Waals surface area (Å²) in [5, 5.41) is 7.94. The van der Waals surface area contributed by atoms with E-state index >= 15 is 0 Å². The fraction of sp³-hybridized carbons (Fsp3) is 0.900. The Labute approximate surface area is 80.6 Å². The Balaban J connectivity index is 2.40. The van der Waals surface area contributed by atoms with E-state index in [-0.39, 0.29) is 0 Å². The number of methoxy groups -OCH3 is 1. The van der Waals surface area contributed by atoms with E-state index < -0.39 is 0 Å². The molecule has 1 saturated carbocycles. The molecule has 1 aliphatic rings. The second kappa shape index (κ2) is 4.61. The summed E-state index contributed by atoms with van der Waals surface area (Å²) in [5.41, 5.74) is 0. The Bertz CT molecular complexity index is 176. The third kappa shape index (κ3) is 2.99. The molecule has 0 radical (unpaired) electrons. The van der Waals surface area contributed by atoms with Gasteiger partial charge in [-0.05, 0) is 26.7 Å². The zero-order valence-electron chi connectivity index (χ0n) is 8.84. The average molecular weight is 184 g/mol. The van der Waals surface area contributed by atoms with Gasteiger partial charge in [0.1, 0.15) is 0 Å². The van der Waals surface area contributed by atoms with Gasteiger partial charge in [-0.1, -0.05) is 0 Å². The molecule has 1 aliphatic carbocycles. The third-order valence-corrected chi connectivity index (χ3v) is 2.43. The van der Waals surface area contributed by atoms with Crippen LogP contribution in [-0.2, 0) is 4.74 Å². The molecule has 0 unspecified atom stereocenters. The molecule has 0 atom stereocenters. The van der Waals surface area contributed by atoms with Crippen molar-refractivity contribution in [2.45, 2.75) is 32.7 Å². The van der Waals surface area contributed by atoms with Gasteiger partial charge in [-0.25, -0.2) is 0 Å². The minimum atomic E-state index is 0.420. The van der Waals surface area contributed by atoms with Gasteiger partial charge in [0.15, 0.2) is 0 Å². The lowest BCUT2D eigenvalue weighted by Gasteiger charge is -2.29. The fourth-order valence-corrected chi connectivity index (χ4v) is 1.44. The zero-order valence-corrected chi connectivity index (χ0v) is 8.84. The summed E-state index contributed by atoms with van der Waals surface area (Å²) in [7, 11) is 1.71. The highest BCUT2D eigenvalue weighted by Crippen LogP contribution is 2.31. The van der Waals surface area contributed by atoms with Gasteiger partial charge >= 0.3 is 0 Å². The van der Waals surface area contributed by atoms with Crippen molar-refractivity contribution in [1.82, 2.24) is 4.90 Å². The summed E-state index contributed by atoms with van der Waals surface area (Å²) in [6.07, 6.45) is 2.41. The first-order valence-corrected chi connectivity index (χ1v) is 5.00. The van der Waals surface area contributed by atoms with Crippen molar-refractivity contribution in [3.63, 3.8) is 0 Å². The van der Waals surface area contributed by atoms with E-state index in [4.69, 9.17) is 10.1 Å². The molecule has 0 aromatic rings. The molecule has 76 valence electrons. The smallest absolute Gasteiger partial charge is 0.0992 e. The van der Waals surface area contributed by atoms with Gasteiger partial charge in [-0.2, -0.15) is 0 Å². The van der Waals surface area contributed by atoms with Crippen molar-refractivity contribution in [2.75, 3.05) is 20.3 Å². The Morgan fingerprint density at radius 3 is 2.54 bits per heavy atom. The van der Waals surface area contributed by atoms with E-state index in [0.717, 1.165) is 12.4 Å². The molecule has 1 N–H and O–H groups in total. The van der Waals surface area contributed by atoms with Crippen LogP contribution in [0.1, 0.15) is 26.7 Å². The number of nitrogens with one attached hydrogen (secondary N) is 1. The van der Waals surface area contributed by atoms with Gasteiger partial charge < -0.3 is 9.64 Å². The normalized spacial score (nSPS) is 16.3. The summed E-state index contributed by atoms with van der Waals surface area (Å²) in [6.45, 7) is 5.83. The molecule has 13 heavy (non-hydrogen) atoms. The summed E-state index contributed by atoms with van der Waals surface area (Å²) in [6, 6.07) is 0.420. The molecule has 0 aromatic heterocycles. The van der Waals surface area contributed by atoms with Crippen LogP contribution in [-0.4, -0.2) is 37.0 Å². The summed E-state index contributed by atoms with van der Waals surface area (Å²) in [4.78, 5) is 2.14. The van der Waals surface area contributed by atoms with Gasteiger partial charge in [-0.15, -0.1) is 0 Å². The predicted molar refractivity (Wildman–Crippen MR) is 54.2 cm³/mol. The maximum absolute atomic E-state index is 7.94. The molecule has 0 heterocycles. The maximum Gasteiger partial charge on any atom is 0.0992 e. The first-order valence-electron chi connectivity index (χ1n) is 5.00. The lowest BCUT2D eigenvalue weighted by atomic mass is 10.2. The number of hydrogen-bond acceptors (Lipinski definition) is 2. The predicted octanol–water partition coefficient (Wildman–Crippen LogP) is 1.73. The number of nitrogens with zero attached hydrogens (tertiary/aromatic N) is 1. The Hall–Kier alpha value is -0.570. The highest BCUT2D eigenvalue weighted by atomic mass is 16.5. The second-order valence-electron chi connectivity index (χ2n) is 3.94. The van der Waals surface area contributed by atoms with Crippen molar-refractivity contribution >= 4 is 5.84 Å². The number of ether oxygens (including phenoxy) is 1. The fourth-order valence-electron chi connectivity index (χ4n) is 1.44. The highest BCUT2D eigenvalue weighted by Gasteiger charge is 2.30. The topological polar surface area (TPSA) is 36.3 Å². The van der Waals surface area contributed by atoms with E-state index in [1.807, 2.05) is 0 Å². The highest BCUT2D eigenvalue weighted by molar-refractivity contribution is 5.84. The van der Waals surface area contributed by atoms with Crippen LogP contribution < -0.4 is 0 Å². The first kappa shape index (κ1) is 10.5. The minimum absolute atomic E-state index is 0.420. The molecule has 3 nitrogen and oxygen atoms in total. The standard InChI is InChI=1S/C10H20N2O/c1-8(2)12(6-7-13-3)10(11)9-4-5-9/h8-9,11H,4-7H2,1-3H3. The lowest BCUT2D eigenvalue weighted by Crippen LogP contribution is -2.39.